The van der Waals surface area contributed by atoms with Crippen LogP contribution in [0.25, 0.3) is 5.69 Å². The number of nitrogens with zero attached hydrogens (tertiary/aromatic N) is 2. The molecule has 0 saturated carbocycles. The molecule has 0 fully saturated rings. The van der Waals surface area contributed by atoms with Gasteiger partial charge in [-0.2, -0.15) is 0 Å². The first-order chi connectivity index (χ1) is 7.72. The van der Waals surface area contributed by atoms with Crippen molar-refractivity contribution in [2.45, 2.75) is 13.8 Å². The molecule has 0 aliphatic rings. The van der Waals surface area contributed by atoms with Gasteiger partial charge in [0.25, 0.3) is 0 Å². The average Bonchev–Trinajstić information content (AvgIpc) is 2.67. The minimum Gasteiger partial charge on any atom is -0.356 e. The molecule has 0 atom stereocenters. The molecule has 0 unspecified atom stereocenters. The van der Waals surface area contributed by atoms with E-state index >= 15 is 0 Å². The molecule has 0 bridgehead atoms. The fourth-order valence-electron chi connectivity index (χ4n) is 1.59. The quantitative estimate of drug-likeness (QED) is 0.934. The minimum absolute atomic E-state index is 0.862. The van der Waals surface area contributed by atoms with Gasteiger partial charge in [-0.1, -0.05) is 6.07 Å². The second-order valence-electron chi connectivity index (χ2n) is 3.61. The second kappa shape index (κ2) is 4.70. The van der Waals surface area contributed by atoms with E-state index in [9.17, 15) is 0 Å². The van der Waals surface area contributed by atoms with Gasteiger partial charge in [-0.05, 0) is 47.5 Å². The summed E-state index contributed by atoms with van der Waals surface area (Å²) in [6.07, 6.45) is 3.75. The molecule has 1 aromatic heterocycles. The summed E-state index contributed by atoms with van der Waals surface area (Å²) in [6.45, 7) is 5.00. The molecule has 0 spiro atoms. The first-order valence-electron chi connectivity index (χ1n) is 5.26. The van der Waals surface area contributed by atoms with E-state index in [4.69, 9.17) is 0 Å². The molecule has 0 radical (unpaired) electrons. The van der Waals surface area contributed by atoms with Crippen LogP contribution in [0.15, 0.2) is 35.1 Å². The van der Waals surface area contributed by atoms with Gasteiger partial charge in [0.15, 0.2) is 0 Å². The highest BCUT2D eigenvalue weighted by atomic mass is 79.9. The van der Waals surface area contributed by atoms with E-state index in [1.54, 1.807) is 6.20 Å². The predicted molar refractivity (Wildman–Crippen MR) is 70.2 cm³/mol. The normalized spacial score (nSPS) is 10.4. The van der Waals surface area contributed by atoms with Crippen molar-refractivity contribution in [1.82, 2.24) is 9.55 Å². The fourth-order valence-corrected chi connectivity index (χ4v) is 2.28. The first-order valence-corrected chi connectivity index (χ1v) is 6.05. The van der Waals surface area contributed by atoms with Gasteiger partial charge in [-0.3, -0.25) is 4.57 Å². The number of rotatable bonds is 3. The number of hydrogen-bond donors (Lipinski definition) is 1. The van der Waals surface area contributed by atoms with Crippen LogP contribution < -0.4 is 5.32 Å². The number of hydrogen-bond acceptors (Lipinski definition) is 2. The molecule has 0 saturated heterocycles. The maximum absolute atomic E-state index is 4.28. The van der Waals surface area contributed by atoms with Gasteiger partial charge in [0.05, 0.1) is 5.69 Å². The zero-order chi connectivity index (χ0) is 11.5. The van der Waals surface area contributed by atoms with E-state index in [2.05, 4.69) is 58.3 Å². The summed E-state index contributed by atoms with van der Waals surface area (Å²) < 4.78 is 3.11. The summed E-state index contributed by atoms with van der Waals surface area (Å²) in [5.74, 6) is 0.868. The van der Waals surface area contributed by atoms with Gasteiger partial charge in [0.2, 0.25) is 5.95 Å². The van der Waals surface area contributed by atoms with Crippen LogP contribution in [-0.2, 0) is 0 Å². The van der Waals surface area contributed by atoms with Crippen molar-refractivity contribution in [3.05, 3.63) is 40.6 Å². The Morgan fingerprint density at radius 3 is 2.94 bits per heavy atom. The van der Waals surface area contributed by atoms with Gasteiger partial charge >= 0.3 is 0 Å². The summed E-state index contributed by atoms with van der Waals surface area (Å²) in [5.41, 5.74) is 2.33. The maximum Gasteiger partial charge on any atom is 0.207 e. The zero-order valence-electron chi connectivity index (χ0n) is 9.37. The molecule has 1 N–H and O–H groups in total. The van der Waals surface area contributed by atoms with Crippen molar-refractivity contribution in [2.75, 3.05) is 11.9 Å². The summed E-state index contributed by atoms with van der Waals surface area (Å²) >= 11 is 3.58. The number of benzene rings is 1. The van der Waals surface area contributed by atoms with Gasteiger partial charge in [0, 0.05) is 23.4 Å². The lowest BCUT2D eigenvalue weighted by Gasteiger charge is -2.10. The topological polar surface area (TPSA) is 29.9 Å². The lowest BCUT2D eigenvalue weighted by atomic mass is 10.2. The van der Waals surface area contributed by atoms with Gasteiger partial charge in [0.1, 0.15) is 0 Å². The lowest BCUT2D eigenvalue weighted by molar-refractivity contribution is 1.02. The standard InChI is InChI=1S/C12H14BrN3/c1-3-14-12-15-6-7-16(12)11-5-4-9(2)8-10(11)13/h4-8H,3H2,1-2H3,(H,14,15). The Morgan fingerprint density at radius 2 is 2.25 bits per heavy atom. The molecule has 84 valence electrons. The smallest absolute Gasteiger partial charge is 0.207 e. The molecule has 2 rings (SSSR count). The van der Waals surface area contributed by atoms with E-state index in [0.717, 1.165) is 22.7 Å². The summed E-state index contributed by atoms with van der Waals surface area (Å²) in [4.78, 5) is 4.28. The van der Waals surface area contributed by atoms with Crippen LogP contribution in [0.1, 0.15) is 12.5 Å². The molecule has 0 aliphatic heterocycles. The van der Waals surface area contributed by atoms with Crippen molar-refractivity contribution < 1.29 is 0 Å². The van der Waals surface area contributed by atoms with Crippen molar-refractivity contribution >= 4 is 21.9 Å². The Labute approximate surface area is 104 Å². The molecular formula is C12H14BrN3. The lowest BCUT2D eigenvalue weighted by Crippen LogP contribution is -2.05. The molecular weight excluding hydrogens is 266 g/mol. The number of halogens is 1. The highest BCUT2D eigenvalue weighted by Gasteiger charge is 2.06. The molecule has 4 heteroatoms. The zero-order valence-corrected chi connectivity index (χ0v) is 11.0. The SMILES string of the molecule is CCNc1nccn1-c1ccc(C)cc1Br. The molecule has 1 aromatic carbocycles. The maximum atomic E-state index is 4.28. The van der Waals surface area contributed by atoms with Gasteiger partial charge in [-0.25, -0.2) is 4.98 Å². The number of imidazole rings is 1. The van der Waals surface area contributed by atoms with E-state index in [0.29, 0.717) is 0 Å². The Morgan fingerprint density at radius 1 is 1.44 bits per heavy atom. The van der Waals surface area contributed by atoms with Crippen LogP contribution in [0.5, 0.6) is 0 Å². The van der Waals surface area contributed by atoms with Crippen molar-refractivity contribution in [3.8, 4) is 5.69 Å². The number of aryl methyl sites for hydroxylation is 1. The molecule has 0 aliphatic carbocycles. The number of nitrogens with one attached hydrogen (secondary N) is 1. The molecule has 0 amide bonds. The van der Waals surface area contributed by atoms with Crippen molar-refractivity contribution in [3.63, 3.8) is 0 Å². The summed E-state index contributed by atoms with van der Waals surface area (Å²) in [6, 6.07) is 6.28. The predicted octanol–water partition coefficient (Wildman–Crippen LogP) is 3.38. The highest BCUT2D eigenvalue weighted by Crippen LogP contribution is 2.24. The third-order valence-electron chi connectivity index (χ3n) is 2.34. The first kappa shape index (κ1) is 11.2. The van der Waals surface area contributed by atoms with Crippen LogP contribution >= 0.6 is 15.9 Å². The largest absolute Gasteiger partial charge is 0.356 e. The molecule has 2 aromatic rings. The van der Waals surface area contributed by atoms with E-state index in [1.165, 1.54) is 5.56 Å². The summed E-state index contributed by atoms with van der Waals surface area (Å²) in [5, 5.41) is 3.23. The van der Waals surface area contributed by atoms with Crippen molar-refractivity contribution in [2.24, 2.45) is 0 Å². The van der Waals surface area contributed by atoms with E-state index in [-0.39, 0.29) is 0 Å². The average molecular weight is 280 g/mol. The number of aromatic nitrogens is 2. The van der Waals surface area contributed by atoms with Gasteiger partial charge in [-0.15, -0.1) is 0 Å². The Kier molecular flexibility index (Phi) is 3.29. The van der Waals surface area contributed by atoms with E-state index in [1.807, 2.05) is 10.8 Å². The van der Waals surface area contributed by atoms with Gasteiger partial charge < -0.3 is 5.32 Å². The molecule has 3 nitrogen and oxygen atoms in total. The second-order valence-corrected chi connectivity index (χ2v) is 4.46. The van der Waals surface area contributed by atoms with Crippen LogP contribution in [0, 0.1) is 6.92 Å². The third kappa shape index (κ3) is 2.11. The van der Waals surface area contributed by atoms with E-state index < -0.39 is 0 Å². The van der Waals surface area contributed by atoms with Crippen molar-refractivity contribution in [1.29, 1.82) is 0 Å². The minimum atomic E-state index is 0.862. The molecule has 1 heterocycles. The summed E-state index contributed by atoms with van der Waals surface area (Å²) in [7, 11) is 0. The monoisotopic (exact) mass is 279 g/mol. The molecule has 16 heavy (non-hydrogen) atoms. The van der Waals surface area contributed by atoms with Crippen LogP contribution in [0.2, 0.25) is 0 Å². The fraction of sp³-hybridized carbons (Fsp3) is 0.250. The Bertz CT molecular complexity index is 491. The van der Waals surface area contributed by atoms with Crippen LogP contribution in [0.4, 0.5) is 5.95 Å². The Hall–Kier alpha value is -1.29. The van der Waals surface area contributed by atoms with Crippen LogP contribution in [-0.4, -0.2) is 16.1 Å². The Balaban J connectivity index is 2.46. The third-order valence-corrected chi connectivity index (χ3v) is 2.97. The van der Waals surface area contributed by atoms with Crippen LogP contribution in [0.3, 0.4) is 0 Å². The number of anilines is 1. The highest BCUT2D eigenvalue weighted by molar-refractivity contribution is 9.10.